The highest BCUT2D eigenvalue weighted by molar-refractivity contribution is 7.09. The lowest BCUT2D eigenvalue weighted by Gasteiger charge is -2.14. The van der Waals surface area contributed by atoms with Crippen LogP contribution in [0.1, 0.15) is 29.8 Å². The first-order chi connectivity index (χ1) is 9.15. The number of nitrogens with one attached hydrogen (secondary N) is 1. The van der Waals surface area contributed by atoms with E-state index in [4.69, 9.17) is 11.6 Å². The van der Waals surface area contributed by atoms with Crippen LogP contribution in [0.5, 0.6) is 0 Å². The Kier molecular flexibility index (Phi) is 5.00. The summed E-state index contributed by atoms with van der Waals surface area (Å²) in [5.41, 5.74) is 1.06. The monoisotopic (exact) mass is 293 g/mol. The standard InChI is InChI=1S/C15H16ClNOS/c1-11(12-4-6-13(16)7-5-12)17-15(18)9-8-14-3-2-10-19-14/h2-7,10-11H,8-9H2,1H3,(H,17,18). The molecule has 1 heterocycles. The van der Waals surface area contributed by atoms with Gasteiger partial charge in [0.2, 0.25) is 5.91 Å². The molecular formula is C15H16ClNOS. The van der Waals surface area contributed by atoms with Crippen molar-refractivity contribution in [2.45, 2.75) is 25.8 Å². The third-order valence-electron chi connectivity index (χ3n) is 2.93. The minimum Gasteiger partial charge on any atom is -0.350 e. The van der Waals surface area contributed by atoms with Gasteiger partial charge in [0, 0.05) is 16.3 Å². The van der Waals surface area contributed by atoms with E-state index in [9.17, 15) is 4.79 Å². The van der Waals surface area contributed by atoms with E-state index in [2.05, 4.69) is 11.4 Å². The molecule has 1 unspecified atom stereocenters. The number of hydrogen-bond acceptors (Lipinski definition) is 2. The minimum atomic E-state index is 0.00750. The van der Waals surface area contributed by atoms with E-state index in [1.807, 2.05) is 42.6 Å². The molecule has 0 aliphatic carbocycles. The second-order valence-corrected chi connectivity index (χ2v) is 5.89. The second-order valence-electron chi connectivity index (χ2n) is 4.42. The van der Waals surface area contributed by atoms with Gasteiger partial charge in [-0.05, 0) is 42.5 Å². The van der Waals surface area contributed by atoms with Crippen LogP contribution >= 0.6 is 22.9 Å². The van der Waals surface area contributed by atoms with E-state index < -0.39 is 0 Å². The van der Waals surface area contributed by atoms with Crippen molar-refractivity contribution in [1.82, 2.24) is 5.32 Å². The lowest BCUT2D eigenvalue weighted by Crippen LogP contribution is -2.26. The Balaban J connectivity index is 1.83. The first-order valence-corrected chi connectivity index (χ1v) is 7.48. The largest absolute Gasteiger partial charge is 0.350 e. The summed E-state index contributed by atoms with van der Waals surface area (Å²) in [5, 5.41) is 5.74. The highest BCUT2D eigenvalue weighted by atomic mass is 35.5. The van der Waals surface area contributed by atoms with Crippen LogP contribution < -0.4 is 5.32 Å². The molecule has 4 heteroatoms. The van der Waals surface area contributed by atoms with Crippen LogP contribution in [0.2, 0.25) is 5.02 Å². The van der Waals surface area contributed by atoms with Crippen molar-refractivity contribution < 1.29 is 4.79 Å². The maximum Gasteiger partial charge on any atom is 0.220 e. The topological polar surface area (TPSA) is 29.1 Å². The maximum absolute atomic E-state index is 11.9. The zero-order chi connectivity index (χ0) is 13.7. The van der Waals surface area contributed by atoms with E-state index >= 15 is 0 Å². The molecule has 0 aliphatic heterocycles. The molecule has 0 fully saturated rings. The van der Waals surface area contributed by atoms with Gasteiger partial charge in [-0.2, -0.15) is 0 Å². The molecular weight excluding hydrogens is 278 g/mol. The van der Waals surface area contributed by atoms with Crippen molar-refractivity contribution in [3.8, 4) is 0 Å². The first-order valence-electron chi connectivity index (χ1n) is 6.22. The molecule has 1 atom stereocenters. The lowest BCUT2D eigenvalue weighted by molar-refractivity contribution is -0.121. The normalized spacial score (nSPS) is 12.1. The van der Waals surface area contributed by atoms with Crippen LogP contribution in [0.25, 0.3) is 0 Å². The molecule has 2 rings (SSSR count). The fourth-order valence-corrected chi connectivity index (χ4v) is 2.67. The van der Waals surface area contributed by atoms with Crippen LogP contribution in [0.15, 0.2) is 41.8 Å². The van der Waals surface area contributed by atoms with Crippen molar-refractivity contribution in [3.05, 3.63) is 57.2 Å². The summed E-state index contributed by atoms with van der Waals surface area (Å²) in [6.07, 6.45) is 1.33. The van der Waals surface area contributed by atoms with Crippen molar-refractivity contribution in [2.75, 3.05) is 0 Å². The number of amides is 1. The summed E-state index contributed by atoms with van der Waals surface area (Å²) in [5.74, 6) is 0.0795. The zero-order valence-electron chi connectivity index (χ0n) is 10.7. The summed E-state index contributed by atoms with van der Waals surface area (Å²) in [7, 11) is 0. The quantitative estimate of drug-likeness (QED) is 0.879. The SMILES string of the molecule is CC(NC(=O)CCc1cccs1)c1ccc(Cl)cc1. The fourth-order valence-electron chi connectivity index (χ4n) is 1.84. The van der Waals surface area contributed by atoms with E-state index in [0.717, 1.165) is 12.0 Å². The van der Waals surface area contributed by atoms with Gasteiger partial charge < -0.3 is 5.32 Å². The summed E-state index contributed by atoms with van der Waals surface area (Å²) in [6.45, 7) is 1.98. The Hall–Kier alpha value is -1.32. The molecule has 0 aliphatic rings. The number of aryl methyl sites for hydroxylation is 1. The van der Waals surface area contributed by atoms with Gasteiger partial charge in [-0.15, -0.1) is 11.3 Å². The van der Waals surface area contributed by atoms with Crippen molar-refractivity contribution >= 4 is 28.8 Å². The van der Waals surface area contributed by atoms with Crippen LogP contribution in [0, 0.1) is 0 Å². The van der Waals surface area contributed by atoms with Gasteiger partial charge in [0.15, 0.2) is 0 Å². The van der Waals surface area contributed by atoms with Crippen molar-refractivity contribution in [2.24, 2.45) is 0 Å². The Morgan fingerprint density at radius 3 is 2.68 bits per heavy atom. The van der Waals surface area contributed by atoms with Crippen LogP contribution in [0.4, 0.5) is 0 Å². The molecule has 19 heavy (non-hydrogen) atoms. The van der Waals surface area contributed by atoms with E-state index in [1.54, 1.807) is 11.3 Å². The third-order valence-corrected chi connectivity index (χ3v) is 4.11. The molecule has 1 N–H and O–H groups in total. The number of rotatable bonds is 5. The first kappa shape index (κ1) is 14.1. The molecule has 2 aromatic rings. The van der Waals surface area contributed by atoms with Crippen LogP contribution in [0.3, 0.4) is 0 Å². The lowest BCUT2D eigenvalue weighted by atomic mass is 10.1. The molecule has 0 radical (unpaired) electrons. The molecule has 100 valence electrons. The smallest absolute Gasteiger partial charge is 0.220 e. The Morgan fingerprint density at radius 1 is 1.32 bits per heavy atom. The number of carbonyl (C=O) groups is 1. The van der Waals surface area contributed by atoms with Crippen molar-refractivity contribution in [1.29, 1.82) is 0 Å². The molecule has 0 spiro atoms. The minimum absolute atomic E-state index is 0.00750. The van der Waals surface area contributed by atoms with Crippen LogP contribution in [-0.4, -0.2) is 5.91 Å². The van der Waals surface area contributed by atoms with Gasteiger partial charge in [-0.1, -0.05) is 29.8 Å². The number of benzene rings is 1. The highest BCUT2D eigenvalue weighted by Crippen LogP contribution is 2.16. The van der Waals surface area contributed by atoms with Gasteiger partial charge >= 0.3 is 0 Å². The number of hydrogen-bond donors (Lipinski definition) is 1. The van der Waals surface area contributed by atoms with Crippen molar-refractivity contribution in [3.63, 3.8) is 0 Å². The fraction of sp³-hybridized carbons (Fsp3) is 0.267. The number of thiophene rings is 1. The molecule has 2 nitrogen and oxygen atoms in total. The predicted octanol–water partition coefficient (Wildman–Crippen LogP) is 4.21. The van der Waals surface area contributed by atoms with Gasteiger partial charge in [0.05, 0.1) is 6.04 Å². The van der Waals surface area contributed by atoms with E-state index in [-0.39, 0.29) is 11.9 Å². The Morgan fingerprint density at radius 2 is 2.05 bits per heavy atom. The van der Waals surface area contributed by atoms with E-state index in [0.29, 0.717) is 11.4 Å². The summed E-state index contributed by atoms with van der Waals surface area (Å²) in [4.78, 5) is 13.1. The molecule has 1 aromatic carbocycles. The molecule has 1 aromatic heterocycles. The van der Waals surface area contributed by atoms with Crippen LogP contribution in [-0.2, 0) is 11.2 Å². The molecule has 0 saturated carbocycles. The molecule has 1 amide bonds. The second kappa shape index (κ2) is 6.73. The zero-order valence-corrected chi connectivity index (χ0v) is 12.3. The summed E-state index contributed by atoms with van der Waals surface area (Å²) >= 11 is 7.53. The van der Waals surface area contributed by atoms with E-state index in [1.165, 1.54) is 4.88 Å². The predicted molar refractivity (Wildman–Crippen MR) is 80.6 cm³/mol. The van der Waals surface area contributed by atoms with Gasteiger partial charge in [0.1, 0.15) is 0 Å². The maximum atomic E-state index is 11.9. The number of carbonyl (C=O) groups excluding carboxylic acids is 1. The van der Waals surface area contributed by atoms with Gasteiger partial charge in [-0.3, -0.25) is 4.79 Å². The van der Waals surface area contributed by atoms with Gasteiger partial charge in [0.25, 0.3) is 0 Å². The molecule has 0 bridgehead atoms. The number of halogens is 1. The average molecular weight is 294 g/mol. The summed E-state index contributed by atoms with van der Waals surface area (Å²) < 4.78 is 0. The Labute approximate surface area is 122 Å². The average Bonchev–Trinajstić information content (AvgIpc) is 2.90. The summed E-state index contributed by atoms with van der Waals surface area (Å²) in [6, 6.07) is 11.6. The van der Waals surface area contributed by atoms with Gasteiger partial charge in [-0.25, -0.2) is 0 Å². The third kappa shape index (κ3) is 4.37. The molecule has 0 saturated heterocycles. The highest BCUT2D eigenvalue weighted by Gasteiger charge is 2.09. The Bertz CT molecular complexity index is 522.